The molecule has 1 amide bonds. The van der Waals surface area contributed by atoms with Crippen LogP contribution in [0, 0.1) is 5.82 Å². The Morgan fingerprint density at radius 2 is 1.70 bits per heavy atom. The van der Waals surface area contributed by atoms with E-state index in [1.54, 1.807) is 24.3 Å². The van der Waals surface area contributed by atoms with Crippen LogP contribution in [0.1, 0.15) is 11.6 Å². The van der Waals surface area contributed by atoms with Gasteiger partial charge in [-0.1, -0.05) is 53.5 Å². The Hall–Kier alpha value is -1.62. The lowest BCUT2D eigenvalue weighted by atomic mass is 10.1. The third kappa shape index (κ3) is 3.28. The smallest absolute Gasteiger partial charge is 0.245 e. The van der Waals surface area contributed by atoms with Gasteiger partial charge in [0.25, 0.3) is 0 Å². The van der Waals surface area contributed by atoms with Crippen molar-refractivity contribution in [2.45, 2.75) is 6.04 Å². The molecule has 6 heteroatoms. The Morgan fingerprint density at radius 3 is 2.25 bits per heavy atom. The first-order chi connectivity index (χ1) is 9.49. The molecule has 0 radical (unpaired) electrons. The number of hydrogen-bond acceptors (Lipinski definition) is 2. The van der Waals surface area contributed by atoms with Crippen LogP contribution in [-0.2, 0) is 4.79 Å². The normalized spacial score (nSPS) is 12.0. The molecule has 0 saturated carbocycles. The lowest BCUT2D eigenvalue weighted by molar-refractivity contribution is -0.117. The number of carbonyl (C=O) groups is 1. The van der Waals surface area contributed by atoms with Gasteiger partial charge in [-0.3, -0.25) is 4.79 Å². The number of anilines is 1. The largest absolute Gasteiger partial charge is 0.322 e. The number of benzene rings is 2. The maximum atomic E-state index is 13.1. The highest BCUT2D eigenvalue weighted by atomic mass is 35.5. The Labute approximate surface area is 125 Å². The number of nitrogens with one attached hydrogen (secondary N) is 1. The fraction of sp³-hybridized carbons (Fsp3) is 0.0714. The van der Waals surface area contributed by atoms with E-state index in [1.807, 2.05) is 6.07 Å². The van der Waals surface area contributed by atoms with Gasteiger partial charge in [0.05, 0.1) is 15.7 Å². The number of hydrogen-bond donors (Lipinski definition) is 2. The number of nitrogens with two attached hydrogens (primary N) is 1. The number of carbonyl (C=O) groups excluding carboxylic acids is 1. The van der Waals surface area contributed by atoms with Crippen molar-refractivity contribution >= 4 is 34.8 Å². The van der Waals surface area contributed by atoms with Gasteiger partial charge in [-0.15, -0.1) is 0 Å². The van der Waals surface area contributed by atoms with Crippen molar-refractivity contribution in [3.63, 3.8) is 0 Å². The van der Waals surface area contributed by atoms with Crippen molar-refractivity contribution in [2.24, 2.45) is 5.73 Å². The molecule has 0 fully saturated rings. The lowest BCUT2D eigenvalue weighted by Gasteiger charge is -2.14. The van der Waals surface area contributed by atoms with Gasteiger partial charge in [-0.05, 0) is 17.7 Å². The number of rotatable bonds is 3. The molecule has 3 nitrogen and oxygen atoms in total. The summed E-state index contributed by atoms with van der Waals surface area (Å²) < 4.78 is 13.1. The summed E-state index contributed by atoms with van der Waals surface area (Å²) >= 11 is 11.7. The quantitative estimate of drug-likeness (QED) is 0.906. The van der Waals surface area contributed by atoms with Crippen LogP contribution >= 0.6 is 23.2 Å². The monoisotopic (exact) mass is 312 g/mol. The van der Waals surface area contributed by atoms with E-state index in [4.69, 9.17) is 28.9 Å². The zero-order valence-corrected chi connectivity index (χ0v) is 11.8. The van der Waals surface area contributed by atoms with Gasteiger partial charge in [0.2, 0.25) is 5.91 Å². The first-order valence-electron chi connectivity index (χ1n) is 5.75. The summed E-state index contributed by atoms with van der Waals surface area (Å²) in [5, 5.41) is 2.54. The van der Waals surface area contributed by atoms with E-state index in [0.717, 1.165) is 12.1 Å². The summed E-state index contributed by atoms with van der Waals surface area (Å²) in [7, 11) is 0. The second-order valence-corrected chi connectivity index (χ2v) is 4.94. The van der Waals surface area contributed by atoms with Crippen LogP contribution in [0.25, 0.3) is 0 Å². The molecule has 1 unspecified atom stereocenters. The molecule has 2 aromatic rings. The summed E-state index contributed by atoms with van der Waals surface area (Å²) in [4.78, 5) is 12.1. The minimum atomic E-state index is -0.867. The molecule has 1 atom stereocenters. The zero-order chi connectivity index (χ0) is 14.7. The van der Waals surface area contributed by atoms with Crippen molar-refractivity contribution in [1.29, 1.82) is 0 Å². The van der Waals surface area contributed by atoms with Crippen LogP contribution in [-0.4, -0.2) is 5.91 Å². The summed E-state index contributed by atoms with van der Waals surface area (Å²) in [6, 6.07) is 10.1. The average molecular weight is 313 g/mol. The van der Waals surface area contributed by atoms with E-state index in [0.29, 0.717) is 5.56 Å². The SMILES string of the molecule is NC(C(=O)Nc1c(Cl)cc(F)cc1Cl)c1ccccc1. The molecule has 0 bridgehead atoms. The second kappa shape index (κ2) is 6.22. The van der Waals surface area contributed by atoms with Gasteiger partial charge >= 0.3 is 0 Å². The average Bonchev–Trinajstić information content (AvgIpc) is 2.42. The van der Waals surface area contributed by atoms with Crippen LogP contribution in [0.3, 0.4) is 0 Å². The summed E-state index contributed by atoms with van der Waals surface area (Å²) in [6.45, 7) is 0. The van der Waals surface area contributed by atoms with Gasteiger partial charge in [-0.2, -0.15) is 0 Å². The molecule has 0 aliphatic rings. The van der Waals surface area contributed by atoms with Gasteiger partial charge < -0.3 is 11.1 Å². The first kappa shape index (κ1) is 14.8. The van der Waals surface area contributed by atoms with Crippen molar-refractivity contribution in [3.05, 3.63) is 63.9 Å². The molecule has 0 heterocycles. The van der Waals surface area contributed by atoms with E-state index < -0.39 is 17.8 Å². The van der Waals surface area contributed by atoms with Crippen LogP contribution in [0.2, 0.25) is 10.0 Å². The number of amides is 1. The van der Waals surface area contributed by atoms with Crippen LogP contribution in [0.15, 0.2) is 42.5 Å². The summed E-state index contributed by atoms with van der Waals surface area (Å²) in [5.74, 6) is -1.06. The maximum Gasteiger partial charge on any atom is 0.245 e. The van der Waals surface area contributed by atoms with E-state index >= 15 is 0 Å². The van der Waals surface area contributed by atoms with Crippen LogP contribution < -0.4 is 11.1 Å². The van der Waals surface area contributed by atoms with E-state index in [9.17, 15) is 9.18 Å². The third-order valence-corrected chi connectivity index (χ3v) is 3.29. The molecular formula is C14H11Cl2FN2O. The molecule has 3 N–H and O–H groups in total. The maximum absolute atomic E-state index is 13.1. The first-order valence-corrected chi connectivity index (χ1v) is 6.50. The highest BCUT2D eigenvalue weighted by Gasteiger charge is 2.18. The molecule has 0 spiro atoms. The Kier molecular flexibility index (Phi) is 4.60. The summed E-state index contributed by atoms with van der Waals surface area (Å²) in [6.07, 6.45) is 0. The predicted octanol–water partition coefficient (Wildman–Crippen LogP) is 3.77. The molecule has 2 aromatic carbocycles. The molecule has 0 aromatic heterocycles. The Bertz CT molecular complexity index is 611. The van der Waals surface area contributed by atoms with Gasteiger partial charge in [-0.25, -0.2) is 4.39 Å². The minimum Gasteiger partial charge on any atom is -0.322 e. The second-order valence-electron chi connectivity index (χ2n) is 4.12. The molecule has 0 aliphatic heterocycles. The van der Waals surface area contributed by atoms with E-state index in [2.05, 4.69) is 5.32 Å². The van der Waals surface area contributed by atoms with E-state index in [1.165, 1.54) is 0 Å². The van der Waals surface area contributed by atoms with Crippen LogP contribution in [0.5, 0.6) is 0 Å². The highest BCUT2D eigenvalue weighted by molar-refractivity contribution is 6.39. The topological polar surface area (TPSA) is 55.1 Å². The standard InChI is InChI=1S/C14H11Cl2FN2O/c15-10-6-9(17)7-11(16)13(10)19-14(20)12(18)8-4-2-1-3-5-8/h1-7,12H,18H2,(H,19,20). The molecule has 0 aliphatic carbocycles. The van der Waals surface area contributed by atoms with Gasteiger partial charge in [0.1, 0.15) is 11.9 Å². The molecule has 104 valence electrons. The third-order valence-electron chi connectivity index (χ3n) is 2.70. The van der Waals surface area contributed by atoms with Gasteiger partial charge in [0.15, 0.2) is 0 Å². The van der Waals surface area contributed by atoms with Crippen molar-refractivity contribution in [3.8, 4) is 0 Å². The van der Waals surface area contributed by atoms with Crippen LogP contribution in [0.4, 0.5) is 10.1 Å². The van der Waals surface area contributed by atoms with E-state index in [-0.39, 0.29) is 15.7 Å². The fourth-order valence-electron chi connectivity index (χ4n) is 1.67. The zero-order valence-electron chi connectivity index (χ0n) is 10.2. The minimum absolute atomic E-state index is 0.0172. The lowest BCUT2D eigenvalue weighted by Crippen LogP contribution is -2.27. The van der Waals surface area contributed by atoms with Crippen molar-refractivity contribution in [2.75, 3.05) is 5.32 Å². The Morgan fingerprint density at radius 1 is 1.15 bits per heavy atom. The van der Waals surface area contributed by atoms with Crippen molar-refractivity contribution in [1.82, 2.24) is 0 Å². The molecule has 2 rings (SSSR count). The Balaban J connectivity index is 2.20. The predicted molar refractivity (Wildman–Crippen MR) is 78.4 cm³/mol. The molecule has 20 heavy (non-hydrogen) atoms. The highest BCUT2D eigenvalue weighted by Crippen LogP contribution is 2.31. The summed E-state index contributed by atoms with van der Waals surface area (Å²) in [5.41, 5.74) is 6.64. The molecule has 0 saturated heterocycles. The van der Waals surface area contributed by atoms with Crippen molar-refractivity contribution < 1.29 is 9.18 Å². The van der Waals surface area contributed by atoms with Gasteiger partial charge in [0, 0.05) is 0 Å². The number of halogens is 3. The molecular weight excluding hydrogens is 302 g/mol. The fourth-order valence-corrected chi connectivity index (χ4v) is 2.23.